The Labute approximate surface area is 174 Å². The molecule has 1 saturated heterocycles. The molecule has 2 aromatic rings. The third kappa shape index (κ3) is 5.07. The summed E-state index contributed by atoms with van der Waals surface area (Å²) < 4.78 is 52.1. The van der Waals surface area contributed by atoms with Gasteiger partial charge in [0, 0.05) is 24.3 Å². The zero-order chi connectivity index (χ0) is 21.9. The summed E-state index contributed by atoms with van der Waals surface area (Å²) in [6.07, 6.45) is 0. The number of hydrogen-bond acceptors (Lipinski definition) is 5. The second-order valence-corrected chi connectivity index (χ2v) is 9.26. The second kappa shape index (κ2) is 8.99. The van der Waals surface area contributed by atoms with Crippen molar-refractivity contribution < 1.29 is 32.2 Å². The normalized spacial score (nSPS) is 16.6. The summed E-state index contributed by atoms with van der Waals surface area (Å²) >= 11 is 0. The molecule has 0 atom stereocenters. The molecule has 1 aliphatic heterocycles. The minimum atomic E-state index is -2.69. The lowest BCUT2D eigenvalue weighted by molar-refractivity contribution is 0.0600. The van der Waals surface area contributed by atoms with Crippen molar-refractivity contribution in [2.75, 3.05) is 36.6 Å². The van der Waals surface area contributed by atoms with Crippen LogP contribution in [0, 0.1) is 11.6 Å². The molecule has 30 heavy (non-hydrogen) atoms. The fourth-order valence-electron chi connectivity index (χ4n) is 3.07. The Morgan fingerprint density at radius 3 is 2.30 bits per heavy atom. The van der Waals surface area contributed by atoms with Gasteiger partial charge in [0.25, 0.3) is 0 Å². The average molecular weight is 440 g/mol. The number of benzene rings is 2. The third-order valence-electron chi connectivity index (χ3n) is 4.82. The van der Waals surface area contributed by atoms with Crippen LogP contribution in [0.4, 0.5) is 19.3 Å². The lowest BCUT2D eigenvalue weighted by Gasteiger charge is -2.42. The first-order valence-corrected chi connectivity index (χ1v) is 11.0. The van der Waals surface area contributed by atoms with Crippen LogP contribution in [-0.4, -0.2) is 57.7 Å². The highest BCUT2D eigenvalue weighted by atomic mass is 32.3. The zero-order valence-electron chi connectivity index (χ0n) is 16.3. The molecule has 0 bridgehead atoms. The Bertz CT molecular complexity index is 929. The molecule has 7 nitrogen and oxygen atoms in total. The van der Waals surface area contributed by atoms with E-state index in [-0.39, 0.29) is 42.3 Å². The Kier molecular flexibility index (Phi) is 6.59. The standard InChI is InChI=1S/C20H22F2N2O5S/c1-29-19(25)14-2-3-15(18(22)12-14)13-24(17-6-4-16(21)5-7-17)20(26)23-8-10-30(27,28)11-9-23/h2-7,12,27-28H,8-11,13H2,1H3. The summed E-state index contributed by atoms with van der Waals surface area (Å²) in [5, 5.41) is 0. The summed E-state index contributed by atoms with van der Waals surface area (Å²) in [5.74, 6) is -1.72. The molecule has 0 saturated carbocycles. The predicted molar refractivity (Wildman–Crippen MR) is 110 cm³/mol. The molecular weight excluding hydrogens is 418 g/mol. The number of ether oxygens (including phenoxy) is 1. The van der Waals surface area contributed by atoms with Crippen molar-refractivity contribution in [3.05, 3.63) is 65.2 Å². The van der Waals surface area contributed by atoms with Crippen molar-refractivity contribution in [2.45, 2.75) is 6.54 Å². The van der Waals surface area contributed by atoms with E-state index < -0.39 is 34.2 Å². The number of hydrogen-bond donors (Lipinski definition) is 2. The highest BCUT2D eigenvalue weighted by Crippen LogP contribution is 2.40. The van der Waals surface area contributed by atoms with Gasteiger partial charge in [-0.2, -0.15) is 10.6 Å². The molecule has 1 aliphatic rings. The number of nitrogens with zero attached hydrogens (tertiary/aromatic N) is 2. The number of urea groups is 1. The van der Waals surface area contributed by atoms with Gasteiger partial charge in [0.15, 0.2) is 0 Å². The van der Waals surface area contributed by atoms with Crippen LogP contribution in [0.2, 0.25) is 0 Å². The largest absolute Gasteiger partial charge is 0.465 e. The first kappa shape index (κ1) is 22.0. The van der Waals surface area contributed by atoms with Gasteiger partial charge in [-0.1, -0.05) is 6.07 Å². The minimum absolute atomic E-state index is 0.0413. The van der Waals surface area contributed by atoms with Gasteiger partial charge in [0.05, 0.1) is 30.7 Å². The van der Waals surface area contributed by atoms with E-state index >= 15 is 0 Å². The summed E-state index contributed by atoms with van der Waals surface area (Å²) in [7, 11) is -1.50. The molecule has 0 spiro atoms. The number of carbonyl (C=O) groups is 2. The van der Waals surface area contributed by atoms with Gasteiger partial charge < -0.3 is 9.64 Å². The summed E-state index contributed by atoms with van der Waals surface area (Å²) in [6, 6.07) is 8.55. The fraction of sp³-hybridized carbons (Fsp3) is 0.300. The van der Waals surface area contributed by atoms with Crippen LogP contribution >= 0.6 is 10.6 Å². The monoisotopic (exact) mass is 440 g/mol. The lowest BCUT2D eigenvalue weighted by Crippen LogP contribution is -2.48. The molecule has 0 unspecified atom stereocenters. The topological polar surface area (TPSA) is 90.3 Å². The molecule has 1 fully saturated rings. The van der Waals surface area contributed by atoms with Crippen molar-refractivity contribution in [3.63, 3.8) is 0 Å². The van der Waals surface area contributed by atoms with Crippen LogP contribution in [0.25, 0.3) is 0 Å². The highest BCUT2D eigenvalue weighted by Gasteiger charge is 2.29. The van der Waals surface area contributed by atoms with Crippen molar-refractivity contribution in [1.29, 1.82) is 0 Å². The first-order chi connectivity index (χ1) is 14.2. The Morgan fingerprint density at radius 2 is 1.73 bits per heavy atom. The number of esters is 1. The highest BCUT2D eigenvalue weighted by molar-refractivity contribution is 8.24. The quantitative estimate of drug-likeness (QED) is 0.703. The molecular formula is C20H22F2N2O5S. The van der Waals surface area contributed by atoms with Crippen LogP contribution in [0.5, 0.6) is 0 Å². The SMILES string of the molecule is COC(=O)c1ccc(CN(C(=O)N2CCS(O)(O)CC2)c2ccc(F)cc2)c(F)c1. The Morgan fingerprint density at radius 1 is 1.10 bits per heavy atom. The first-order valence-electron chi connectivity index (χ1n) is 9.12. The fourth-order valence-corrected chi connectivity index (χ4v) is 4.30. The molecule has 0 aromatic heterocycles. The number of carbonyl (C=O) groups excluding carboxylic acids is 2. The molecule has 0 radical (unpaired) electrons. The maximum absolute atomic E-state index is 14.6. The van der Waals surface area contributed by atoms with E-state index in [9.17, 15) is 27.5 Å². The average Bonchev–Trinajstić information content (AvgIpc) is 2.72. The van der Waals surface area contributed by atoms with Crippen LogP contribution < -0.4 is 4.90 Å². The zero-order valence-corrected chi connectivity index (χ0v) is 17.1. The van der Waals surface area contributed by atoms with Crippen LogP contribution in [-0.2, 0) is 11.3 Å². The van der Waals surface area contributed by atoms with Gasteiger partial charge in [0.2, 0.25) is 0 Å². The third-order valence-corrected chi connectivity index (χ3v) is 6.49. The molecule has 1 heterocycles. The molecule has 2 aromatic carbocycles. The minimum Gasteiger partial charge on any atom is -0.465 e. The van der Waals surface area contributed by atoms with Crippen molar-refractivity contribution in [1.82, 2.24) is 4.90 Å². The van der Waals surface area contributed by atoms with Gasteiger partial charge in [0.1, 0.15) is 11.6 Å². The summed E-state index contributed by atoms with van der Waals surface area (Å²) in [5.41, 5.74) is 0.552. The van der Waals surface area contributed by atoms with E-state index in [1.54, 1.807) is 0 Å². The van der Waals surface area contributed by atoms with E-state index in [4.69, 9.17) is 0 Å². The Hall–Kier alpha value is -2.69. The van der Waals surface area contributed by atoms with Gasteiger partial charge in [-0.25, -0.2) is 18.4 Å². The van der Waals surface area contributed by atoms with Crippen molar-refractivity contribution in [3.8, 4) is 0 Å². The number of halogens is 2. The van der Waals surface area contributed by atoms with Crippen LogP contribution in [0.3, 0.4) is 0 Å². The number of rotatable bonds is 4. The maximum atomic E-state index is 14.6. The predicted octanol–water partition coefficient (Wildman–Crippen LogP) is 3.94. The second-order valence-electron chi connectivity index (χ2n) is 6.84. The van der Waals surface area contributed by atoms with Gasteiger partial charge >= 0.3 is 12.0 Å². The maximum Gasteiger partial charge on any atom is 0.337 e. The van der Waals surface area contributed by atoms with Crippen molar-refractivity contribution >= 4 is 28.3 Å². The number of methoxy groups -OCH3 is 1. The van der Waals surface area contributed by atoms with E-state index in [1.165, 1.54) is 53.3 Å². The molecule has 2 amide bonds. The van der Waals surface area contributed by atoms with Gasteiger partial charge in [-0.05, 0) is 36.4 Å². The molecule has 3 rings (SSSR count). The Balaban J connectivity index is 1.88. The van der Waals surface area contributed by atoms with E-state index in [0.29, 0.717) is 5.69 Å². The molecule has 162 valence electrons. The van der Waals surface area contributed by atoms with Gasteiger partial charge in [-0.15, -0.1) is 0 Å². The molecule has 10 heteroatoms. The van der Waals surface area contributed by atoms with Gasteiger partial charge in [-0.3, -0.25) is 14.0 Å². The number of anilines is 1. The van der Waals surface area contributed by atoms with E-state index in [2.05, 4.69) is 4.74 Å². The van der Waals surface area contributed by atoms with E-state index in [0.717, 1.165) is 6.07 Å². The van der Waals surface area contributed by atoms with E-state index in [1.807, 2.05) is 0 Å². The number of amides is 2. The van der Waals surface area contributed by atoms with Crippen molar-refractivity contribution in [2.24, 2.45) is 0 Å². The lowest BCUT2D eigenvalue weighted by atomic mass is 10.1. The smallest absolute Gasteiger partial charge is 0.337 e. The summed E-state index contributed by atoms with van der Waals surface area (Å²) in [4.78, 5) is 27.5. The van der Waals surface area contributed by atoms with Crippen LogP contribution in [0.15, 0.2) is 42.5 Å². The van der Waals surface area contributed by atoms with Crippen LogP contribution in [0.1, 0.15) is 15.9 Å². The summed E-state index contributed by atoms with van der Waals surface area (Å²) in [6.45, 7) is 0.121. The molecule has 2 N–H and O–H groups in total. The molecule has 0 aliphatic carbocycles.